The quantitative estimate of drug-likeness (QED) is 0.854. The van der Waals surface area contributed by atoms with E-state index in [2.05, 4.69) is 27.3 Å². The first-order valence-corrected chi connectivity index (χ1v) is 7.74. The third-order valence-electron chi connectivity index (χ3n) is 3.48. The van der Waals surface area contributed by atoms with Gasteiger partial charge in [-0.05, 0) is 52.2 Å². The summed E-state index contributed by atoms with van der Waals surface area (Å²) in [6.07, 6.45) is 1.11. The molecule has 0 spiro atoms. The largest absolute Gasteiger partial charge is 0.488 e. The van der Waals surface area contributed by atoms with Gasteiger partial charge in [-0.2, -0.15) is 0 Å². The Kier molecular flexibility index (Phi) is 3.90. The molecule has 0 saturated heterocycles. The molecule has 20 heavy (non-hydrogen) atoms. The number of nitrogens with one attached hydrogen (secondary N) is 1. The van der Waals surface area contributed by atoms with Crippen molar-refractivity contribution in [2.45, 2.75) is 19.4 Å². The van der Waals surface area contributed by atoms with E-state index < -0.39 is 0 Å². The van der Waals surface area contributed by atoms with Crippen molar-refractivity contribution in [3.63, 3.8) is 0 Å². The number of hydrogen-bond acceptors (Lipinski definition) is 2. The van der Waals surface area contributed by atoms with Gasteiger partial charge in [-0.1, -0.05) is 29.8 Å². The number of halogens is 2. The van der Waals surface area contributed by atoms with Crippen molar-refractivity contribution in [1.82, 2.24) is 0 Å². The zero-order valence-corrected chi connectivity index (χ0v) is 13.5. The Morgan fingerprint density at radius 1 is 1.35 bits per heavy atom. The number of aryl methyl sites for hydroxylation is 1. The van der Waals surface area contributed by atoms with Gasteiger partial charge in [0.2, 0.25) is 0 Å². The van der Waals surface area contributed by atoms with Crippen molar-refractivity contribution >= 4 is 33.2 Å². The van der Waals surface area contributed by atoms with Crippen LogP contribution in [-0.2, 0) is 6.42 Å². The Bertz CT molecular complexity index is 619. The van der Waals surface area contributed by atoms with Gasteiger partial charge in [0.05, 0.1) is 12.2 Å². The van der Waals surface area contributed by atoms with Crippen molar-refractivity contribution in [2.24, 2.45) is 0 Å². The number of ether oxygens (including phenoxy) is 1. The SMILES string of the molecule is Cc1cc(Br)c(NCC2Cc3ccccc3O2)cc1Cl. The molecule has 0 bridgehead atoms. The van der Waals surface area contributed by atoms with Crippen LogP contribution in [0.2, 0.25) is 5.02 Å². The summed E-state index contributed by atoms with van der Waals surface area (Å²) in [4.78, 5) is 0. The second-order valence-corrected chi connectivity index (χ2v) is 6.28. The van der Waals surface area contributed by atoms with E-state index in [0.29, 0.717) is 0 Å². The highest BCUT2D eigenvalue weighted by atomic mass is 79.9. The summed E-state index contributed by atoms with van der Waals surface area (Å²) >= 11 is 9.72. The third-order valence-corrected chi connectivity index (χ3v) is 4.55. The van der Waals surface area contributed by atoms with E-state index in [-0.39, 0.29) is 6.10 Å². The van der Waals surface area contributed by atoms with Crippen LogP contribution in [0, 0.1) is 6.92 Å². The molecule has 0 fully saturated rings. The lowest BCUT2D eigenvalue weighted by Crippen LogP contribution is -2.24. The number of benzene rings is 2. The Morgan fingerprint density at radius 3 is 2.95 bits per heavy atom. The molecule has 2 nitrogen and oxygen atoms in total. The monoisotopic (exact) mass is 351 g/mol. The predicted molar refractivity (Wildman–Crippen MR) is 86.9 cm³/mol. The normalized spacial score (nSPS) is 16.6. The van der Waals surface area contributed by atoms with Crippen LogP contribution in [-0.4, -0.2) is 12.6 Å². The van der Waals surface area contributed by atoms with Crippen molar-refractivity contribution in [1.29, 1.82) is 0 Å². The van der Waals surface area contributed by atoms with Gasteiger partial charge in [0.25, 0.3) is 0 Å². The average Bonchev–Trinajstić information content (AvgIpc) is 2.84. The van der Waals surface area contributed by atoms with Crippen LogP contribution < -0.4 is 10.1 Å². The molecular formula is C16H15BrClNO. The summed E-state index contributed by atoms with van der Waals surface area (Å²) in [7, 11) is 0. The van der Waals surface area contributed by atoms with Gasteiger partial charge in [-0.3, -0.25) is 0 Å². The van der Waals surface area contributed by atoms with Crippen molar-refractivity contribution in [3.05, 3.63) is 57.0 Å². The first-order valence-electron chi connectivity index (χ1n) is 6.57. The molecule has 0 radical (unpaired) electrons. The fourth-order valence-electron chi connectivity index (χ4n) is 2.37. The maximum absolute atomic E-state index is 6.16. The van der Waals surface area contributed by atoms with E-state index in [1.807, 2.05) is 37.3 Å². The number of para-hydroxylation sites is 1. The topological polar surface area (TPSA) is 21.3 Å². The second-order valence-electron chi connectivity index (χ2n) is 5.01. The van der Waals surface area contributed by atoms with Crippen LogP contribution in [0.1, 0.15) is 11.1 Å². The average molecular weight is 353 g/mol. The molecule has 1 atom stereocenters. The molecule has 1 aliphatic rings. The van der Waals surface area contributed by atoms with E-state index in [0.717, 1.165) is 39.5 Å². The predicted octanol–water partition coefficient (Wildman–Crippen LogP) is 4.83. The maximum atomic E-state index is 6.16. The Hall–Kier alpha value is -1.19. The molecule has 1 N–H and O–H groups in total. The Labute approximate surface area is 132 Å². The lowest BCUT2D eigenvalue weighted by atomic mass is 10.1. The molecule has 1 unspecified atom stereocenters. The van der Waals surface area contributed by atoms with Crippen LogP contribution in [0.5, 0.6) is 5.75 Å². The minimum atomic E-state index is 0.166. The highest BCUT2D eigenvalue weighted by molar-refractivity contribution is 9.10. The van der Waals surface area contributed by atoms with Crippen LogP contribution in [0.3, 0.4) is 0 Å². The lowest BCUT2D eigenvalue weighted by molar-refractivity contribution is 0.246. The van der Waals surface area contributed by atoms with Crippen LogP contribution in [0.25, 0.3) is 0 Å². The number of fused-ring (bicyclic) bond motifs is 1. The molecule has 1 heterocycles. The van der Waals surface area contributed by atoms with Gasteiger partial charge in [0.1, 0.15) is 11.9 Å². The van der Waals surface area contributed by atoms with Crippen LogP contribution >= 0.6 is 27.5 Å². The second kappa shape index (κ2) is 5.66. The van der Waals surface area contributed by atoms with Gasteiger partial charge in [0.15, 0.2) is 0 Å². The van der Waals surface area contributed by atoms with Gasteiger partial charge in [-0.25, -0.2) is 0 Å². The molecule has 0 amide bonds. The fourth-order valence-corrected chi connectivity index (χ4v) is 3.14. The van der Waals surface area contributed by atoms with E-state index in [1.165, 1.54) is 5.56 Å². The molecule has 3 rings (SSSR count). The Morgan fingerprint density at radius 2 is 2.15 bits per heavy atom. The molecule has 0 aromatic heterocycles. The molecule has 1 aliphatic heterocycles. The van der Waals surface area contributed by atoms with Crippen LogP contribution in [0.15, 0.2) is 40.9 Å². The highest BCUT2D eigenvalue weighted by Crippen LogP contribution is 2.31. The minimum Gasteiger partial charge on any atom is -0.488 e. The zero-order chi connectivity index (χ0) is 14.1. The van der Waals surface area contributed by atoms with Crippen molar-refractivity contribution in [3.8, 4) is 5.75 Å². The number of anilines is 1. The Balaban J connectivity index is 1.66. The van der Waals surface area contributed by atoms with E-state index in [9.17, 15) is 0 Å². The molecule has 4 heteroatoms. The fraction of sp³-hybridized carbons (Fsp3) is 0.250. The molecule has 0 saturated carbocycles. The third kappa shape index (κ3) is 2.79. The summed E-state index contributed by atoms with van der Waals surface area (Å²) in [5.74, 6) is 1.00. The molecule has 0 aliphatic carbocycles. The maximum Gasteiger partial charge on any atom is 0.123 e. The number of hydrogen-bond donors (Lipinski definition) is 1. The smallest absolute Gasteiger partial charge is 0.123 e. The first kappa shape index (κ1) is 13.8. The standard InChI is InChI=1S/C16H15BrClNO/c1-10-6-13(17)15(8-14(10)18)19-9-12-7-11-4-2-3-5-16(11)20-12/h2-6,8,12,19H,7,9H2,1H3. The molecule has 104 valence electrons. The minimum absolute atomic E-state index is 0.166. The van der Waals surface area contributed by atoms with Gasteiger partial charge >= 0.3 is 0 Å². The number of rotatable bonds is 3. The first-order chi connectivity index (χ1) is 9.63. The van der Waals surface area contributed by atoms with Gasteiger partial charge < -0.3 is 10.1 Å². The summed E-state index contributed by atoms with van der Waals surface area (Å²) in [6, 6.07) is 12.2. The van der Waals surface area contributed by atoms with Crippen molar-refractivity contribution in [2.75, 3.05) is 11.9 Å². The van der Waals surface area contributed by atoms with E-state index in [4.69, 9.17) is 16.3 Å². The zero-order valence-electron chi connectivity index (χ0n) is 11.1. The molecular weight excluding hydrogens is 338 g/mol. The van der Waals surface area contributed by atoms with Crippen LogP contribution in [0.4, 0.5) is 5.69 Å². The summed E-state index contributed by atoms with van der Waals surface area (Å²) < 4.78 is 6.93. The van der Waals surface area contributed by atoms with E-state index in [1.54, 1.807) is 0 Å². The highest BCUT2D eigenvalue weighted by Gasteiger charge is 2.22. The van der Waals surface area contributed by atoms with Crippen molar-refractivity contribution < 1.29 is 4.74 Å². The summed E-state index contributed by atoms with van der Waals surface area (Å²) in [6.45, 7) is 2.75. The summed E-state index contributed by atoms with van der Waals surface area (Å²) in [5.41, 5.74) is 3.34. The lowest BCUT2D eigenvalue weighted by Gasteiger charge is -2.15. The molecule has 2 aromatic carbocycles. The summed E-state index contributed by atoms with van der Waals surface area (Å²) in [5, 5.41) is 4.17. The van der Waals surface area contributed by atoms with Gasteiger partial charge in [0, 0.05) is 15.9 Å². The molecule has 2 aromatic rings. The van der Waals surface area contributed by atoms with E-state index >= 15 is 0 Å². The van der Waals surface area contributed by atoms with Gasteiger partial charge in [-0.15, -0.1) is 0 Å².